The summed E-state index contributed by atoms with van der Waals surface area (Å²) in [5.41, 5.74) is 2.14. The Kier molecular flexibility index (Phi) is 10.8. The highest BCUT2D eigenvalue weighted by molar-refractivity contribution is 5.89. The highest BCUT2D eigenvalue weighted by Gasteiger charge is 2.20. The van der Waals surface area contributed by atoms with Gasteiger partial charge in [0.1, 0.15) is 6.61 Å². The predicted molar refractivity (Wildman–Crippen MR) is 138 cm³/mol. The van der Waals surface area contributed by atoms with Crippen molar-refractivity contribution in [3.8, 4) is 11.5 Å². The number of nitro groups is 1. The molecular weight excluding hydrogens is 432 g/mol. The largest absolute Gasteiger partial charge is 0.500 e. The first kappa shape index (κ1) is 27.2. The normalized spacial score (nSPS) is 11.6. The summed E-state index contributed by atoms with van der Waals surface area (Å²) in [6, 6.07) is 4.31. The number of non-ortho nitro benzene ring substituents is 1. The van der Waals surface area contributed by atoms with Crippen LogP contribution in [-0.4, -0.2) is 21.2 Å². The van der Waals surface area contributed by atoms with Crippen LogP contribution in [0.5, 0.6) is 11.5 Å². The number of pyridine rings is 1. The molecule has 1 N–H and O–H groups in total. The van der Waals surface area contributed by atoms with Gasteiger partial charge in [-0.1, -0.05) is 56.3 Å². The molecule has 1 aromatic heterocycles. The Bertz CT molecular complexity index is 1090. The van der Waals surface area contributed by atoms with Gasteiger partial charge >= 0.3 is 0 Å². The van der Waals surface area contributed by atoms with E-state index in [0.717, 1.165) is 50.5 Å². The van der Waals surface area contributed by atoms with Gasteiger partial charge in [0.25, 0.3) is 11.2 Å². The SMILES string of the molecule is CCCCCCCCn1c(=O)c(O)c(OCC=C(C)CCC=C(C)C)c2ccc([N+](=O)[O-])cc21. The number of unbranched alkanes of at least 4 members (excludes halogenated alkanes) is 5. The van der Waals surface area contributed by atoms with Crippen molar-refractivity contribution in [3.05, 3.63) is 62.0 Å². The van der Waals surface area contributed by atoms with Crippen LogP contribution >= 0.6 is 0 Å². The van der Waals surface area contributed by atoms with E-state index in [4.69, 9.17) is 4.74 Å². The smallest absolute Gasteiger partial charge is 0.297 e. The molecule has 0 unspecified atom stereocenters. The van der Waals surface area contributed by atoms with Crippen LogP contribution in [0.1, 0.15) is 79.1 Å². The summed E-state index contributed by atoms with van der Waals surface area (Å²) in [4.78, 5) is 23.9. The molecule has 2 rings (SSSR count). The Labute approximate surface area is 201 Å². The molecule has 0 amide bonds. The number of aromatic hydroxyl groups is 1. The predicted octanol–water partition coefficient (Wildman–Crippen LogP) is 7.05. The number of ether oxygens (including phenoxy) is 1. The van der Waals surface area contributed by atoms with Gasteiger partial charge in [0.05, 0.1) is 10.4 Å². The molecular formula is C27H38N2O5. The first-order valence-electron chi connectivity index (χ1n) is 12.2. The van der Waals surface area contributed by atoms with Crippen molar-refractivity contribution >= 4 is 16.6 Å². The molecule has 0 aliphatic rings. The minimum Gasteiger partial charge on any atom is -0.500 e. The monoisotopic (exact) mass is 470 g/mol. The summed E-state index contributed by atoms with van der Waals surface area (Å²) in [5.74, 6) is -0.384. The summed E-state index contributed by atoms with van der Waals surface area (Å²) in [7, 11) is 0. The fourth-order valence-electron chi connectivity index (χ4n) is 3.89. The molecule has 0 aliphatic carbocycles. The second-order valence-electron chi connectivity index (χ2n) is 9.04. The van der Waals surface area contributed by atoms with Crippen LogP contribution in [0.25, 0.3) is 10.9 Å². The summed E-state index contributed by atoms with van der Waals surface area (Å²) in [5, 5.41) is 22.5. The molecule has 2 aromatic rings. The fraction of sp³-hybridized carbons (Fsp3) is 0.519. The van der Waals surface area contributed by atoms with Crippen molar-refractivity contribution in [2.24, 2.45) is 0 Å². The van der Waals surface area contributed by atoms with Gasteiger partial charge in [-0.2, -0.15) is 0 Å². The molecule has 1 aromatic carbocycles. The van der Waals surface area contributed by atoms with Crippen LogP contribution in [0.15, 0.2) is 46.3 Å². The Balaban J connectivity index is 2.30. The summed E-state index contributed by atoms with van der Waals surface area (Å²) in [6.07, 6.45) is 12.2. The zero-order valence-electron chi connectivity index (χ0n) is 20.9. The van der Waals surface area contributed by atoms with Crippen molar-refractivity contribution in [1.29, 1.82) is 0 Å². The zero-order chi connectivity index (χ0) is 25.1. The fourth-order valence-corrected chi connectivity index (χ4v) is 3.89. The van der Waals surface area contributed by atoms with Crippen LogP contribution < -0.4 is 10.3 Å². The number of hydrogen-bond acceptors (Lipinski definition) is 5. The van der Waals surface area contributed by atoms with Gasteiger partial charge in [0, 0.05) is 24.1 Å². The number of hydrogen-bond donors (Lipinski definition) is 1. The lowest BCUT2D eigenvalue weighted by molar-refractivity contribution is -0.384. The molecule has 0 radical (unpaired) electrons. The van der Waals surface area contributed by atoms with E-state index in [2.05, 4.69) is 26.8 Å². The molecule has 1 heterocycles. The van der Waals surface area contributed by atoms with E-state index in [1.807, 2.05) is 13.0 Å². The van der Waals surface area contributed by atoms with E-state index in [1.54, 1.807) is 6.07 Å². The third-order valence-electron chi connectivity index (χ3n) is 5.88. The molecule has 0 fully saturated rings. The Morgan fingerprint density at radius 1 is 1.12 bits per heavy atom. The van der Waals surface area contributed by atoms with Gasteiger partial charge in [-0.15, -0.1) is 0 Å². The maximum Gasteiger partial charge on any atom is 0.297 e. The maximum absolute atomic E-state index is 13.0. The minimum absolute atomic E-state index is 0.0717. The topological polar surface area (TPSA) is 94.6 Å². The van der Waals surface area contributed by atoms with Crippen LogP contribution in [0.2, 0.25) is 0 Å². The number of nitrogens with zero attached hydrogens (tertiary/aromatic N) is 2. The van der Waals surface area contributed by atoms with E-state index in [9.17, 15) is 20.0 Å². The second kappa shape index (κ2) is 13.6. The standard InChI is InChI=1S/C27H38N2O5/c1-5-6-7-8-9-10-17-28-24-19-22(29(32)33)14-15-23(24)26(25(30)27(28)31)34-18-16-21(4)13-11-12-20(2)3/h12,14-16,19,30H,5-11,13,17-18H2,1-4H3. The molecule has 34 heavy (non-hydrogen) atoms. The van der Waals surface area contributed by atoms with Crippen LogP contribution in [0, 0.1) is 10.1 Å². The summed E-state index contributed by atoms with van der Waals surface area (Å²) >= 11 is 0. The summed E-state index contributed by atoms with van der Waals surface area (Å²) < 4.78 is 7.26. The lowest BCUT2D eigenvalue weighted by atomic mass is 10.1. The van der Waals surface area contributed by atoms with Crippen molar-refractivity contribution in [2.45, 2.75) is 85.6 Å². The van der Waals surface area contributed by atoms with Gasteiger partial charge in [-0.05, 0) is 52.2 Å². The van der Waals surface area contributed by atoms with Crippen LogP contribution in [0.4, 0.5) is 5.69 Å². The van der Waals surface area contributed by atoms with E-state index in [1.165, 1.54) is 28.7 Å². The van der Waals surface area contributed by atoms with Gasteiger partial charge in [-0.3, -0.25) is 14.9 Å². The van der Waals surface area contributed by atoms with E-state index in [-0.39, 0.29) is 18.0 Å². The van der Waals surface area contributed by atoms with Crippen molar-refractivity contribution in [3.63, 3.8) is 0 Å². The average Bonchev–Trinajstić information content (AvgIpc) is 2.79. The molecule has 0 atom stereocenters. The Morgan fingerprint density at radius 2 is 1.82 bits per heavy atom. The average molecular weight is 471 g/mol. The third kappa shape index (κ3) is 7.75. The quantitative estimate of drug-likeness (QED) is 0.138. The zero-order valence-corrected chi connectivity index (χ0v) is 20.9. The Hall–Kier alpha value is -3.09. The molecule has 7 heteroatoms. The molecule has 7 nitrogen and oxygen atoms in total. The number of aryl methyl sites for hydroxylation is 1. The number of nitro benzene ring substituents is 1. The molecule has 0 saturated heterocycles. The third-order valence-corrected chi connectivity index (χ3v) is 5.88. The Morgan fingerprint density at radius 3 is 2.50 bits per heavy atom. The molecule has 0 bridgehead atoms. The van der Waals surface area contributed by atoms with Crippen molar-refractivity contribution in [2.75, 3.05) is 6.61 Å². The van der Waals surface area contributed by atoms with E-state index >= 15 is 0 Å². The minimum atomic E-state index is -0.583. The van der Waals surface area contributed by atoms with Gasteiger partial charge in [-0.25, -0.2) is 0 Å². The van der Waals surface area contributed by atoms with Crippen molar-refractivity contribution < 1.29 is 14.8 Å². The highest BCUT2D eigenvalue weighted by Crippen LogP contribution is 2.34. The van der Waals surface area contributed by atoms with Gasteiger partial charge < -0.3 is 14.4 Å². The lowest BCUT2D eigenvalue weighted by Gasteiger charge is -2.15. The number of fused-ring (bicyclic) bond motifs is 1. The molecule has 0 saturated carbocycles. The first-order chi connectivity index (χ1) is 16.3. The second-order valence-corrected chi connectivity index (χ2v) is 9.04. The number of aromatic nitrogens is 1. The first-order valence-corrected chi connectivity index (χ1v) is 12.2. The number of benzene rings is 1. The maximum atomic E-state index is 13.0. The van der Waals surface area contributed by atoms with Crippen LogP contribution in [0.3, 0.4) is 0 Å². The number of rotatable bonds is 14. The van der Waals surface area contributed by atoms with Gasteiger partial charge in [0.15, 0.2) is 5.75 Å². The highest BCUT2D eigenvalue weighted by atomic mass is 16.6. The van der Waals surface area contributed by atoms with Crippen molar-refractivity contribution in [1.82, 2.24) is 4.57 Å². The summed E-state index contributed by atoms with van der Waals surface area (Å²) in [6.45, 7) is 8.89. The number of allylic oxidation sites excluding steroid dienone is 3. The molecule has 0 spiro atoms. The van der Waals surface area contributed by atoms with Gasteiger partial charge in [0.2, 0.25) is 5.75 Å². The molecule has 186 valence electrons. The van der Waals surface area contributed by atoms with E-state index < -0.39 is 16.2 Å². The van der Waals surface area contributed by atoms with E-state index in [0.29, 0.717) is 17.4 Å². The van der Waals surface area contributed by atoms with Crippen LogP contribution in [-0.2, 0) is 6.54 Å². The lowest BCUT2D eigenvalue weighted by Crippen LogP contribution is -2.21. The molecule has 0 aliphatic heterocycles.